The van der Waals surface area contributed by atoms with E-state index in [0.29, 0.717) is 19.6 Å². The second-order valence-corrected chi connectivity index (χ2v) is 15.2. The number of hydrogen-bond acceptors (Lipinski definition) is 8. The van der Waals surface area contributed by atoms with Gasteiger partial charge in [0, 0.05) is 55.4 Å². The Bertz CT molecular complexity index is 1480. The number of amides is 2. The molecule has 9 nitrogen and oxygen atoms in total. The number of alkyl carbamates (subject to hydrolysis) is 1. The summed E-state index contributed by atoms with van der Waals surface area (Å²) < 4.78 is 12.3. The summed E-state index contributed by atoms with van der Waals surface area (Å²) in [5.41, 5.74) is 3.83. The van der Waals surface area contributed by atoms with Crippen molar-refractivity contribution in [2.24, 2.45) is 0 Å². The molecule has 2 aliphatic heterocycles. The van der Waals surface area contributed by atoms with Crippen LogP contribution in [-0.4, -0.2) is 78.1 Å². The fourth-order valence-corrected chi connectivity index (χ4v) is 6.64. The first kappa shape index (κ1) is 30.9. The van der Waals surface area contributed by atoms with Crippen molar-refractivity contribution in [3.8, 4) is 11.3 Å². The fraction of sp³-hybridized carbons (Fsp3) is 0.545. The Labute approximate surface area is 259 Å². The first-order valence-corrected chi connectivity index (χ1v) is 15.9. The van der Waals surface area contributed by atoms with E-state index < -0.39 is 11.2 Å². The second kappa shape index (κ2) is 11.5. The number of ether oxygens (including phenoxy) is 2. The number of aryl methyl sites for hydroxylation is 1. The molecule has 0 bridgehead atoms. The molecule has 0 radical (unpaired) electrons. The van der Waals surface area contributed by atoms with Gasteiger partial charge < -0.3 is 29.5 Å². The SMILES string of the molecule is Cc1cc2nc(-c3ccc(N4CCN(C(=O)OC(C)(C)C)CC4)cc3)cc(N3CCC(C)(NC(=O)OC(C)(C)C)C3)c2s1. The average Bonchev–Trinajstić information content (AvgIpc) is 3.47. The second-order valence-electron chi connectivity index (χ2n) is 14.0. The Morgan fingerprint density at radius 1 is 0.907 bits per heavy atom. The summed E-state index contributed by atoms with van der Waals surface area (Å²) in [6.45, 7) is 19.8. The predicted octanol–water partition coefficient (Wildman–Crippen LogP) is 6.82. The molecule has 0 spiro atoms. The van der Waals surface area contributed by atoms with E-state index in [4.69, 9.17) is 14.5 Å². The highest BCUT2D eigenvalue weighted by atomic mass is 32.1. The minimum Gasteiger partial charge on any atom is -0.444 e. The number of aromatic nitrogens is 1. The fourth-order valence-electron chi connectivity index (χ4n) is 5.64. The van der Waals surface area contributed by atoms with Gasteiger partial charge in [0.2, 0.25) is 0 Å². The molecular formula is C33H45N5O4S. The maximum Gasteiger partial charge on any atom is 0.410 e. The Morgan fingerprint density at radius 2 is 1.56 bits per heavy atom. The number of benzene rings is 1. The quantitative estimate of drug-likeness (QED) is 0.348. The van der Waals surface area contributed by atoms with Crippen LogP contribution in [0.5, 0.6) is 0 Å². The van der Waals surface area contributed by atoms with Gasteiger partial charge in [-0.2, -0.15) is 0 Å². The van der Waals surface area contributed by atoms with Crippen molar-refractivity contribution in [3.05, 3.63) is 41.3 Å². The van der Waals surface area contributed by atoms with Gasteiger partial charge in [0.15, 0.2) is 0 Å². The van der Waals surface area contributed by atoms with E-state index >= 15 is 0 Å². The van der Waals surface area contributed by atoms with Crippen LogP contribution in [0.15, 0.2) is 36.4 Å². The maximum atomic E-state index is 12.6. The number of piperazine rings is 1. The number of anilines is 2. The maximum absolute atomic E-state index is 12.6. The molecule has 2 aliphatic rings. The van der Waals surface area contributed by atoms with E-state index in [1.165, 1.54) is 9.58 Å². The first-order valence-electron chi connectivity index (χ1n) is 15.1. The number of carbonyl (C=O) groups is 2. The number of carbonyl (C=O) groups excluding carboxylic acids is 2. The molecule has 5 rings (SSSR count). The van der Waals surface area contributed by atoms with Gasteiger partial charge in [-0.15, -0.1) is 11.3 Å². The Hall–Kier alpha value is -3.53. The molecule has 4 heterocycles. The molecule has 2 amide bonds. The third-order valence-corrected chi connectivity index (χ3v) is 8.72. The van der Waals surface area contributed by atoms with E-state index in [2.05, 4.69) is 65.4 Å². The molecule has 0 aliphatic carbocycles. The number of nitrogens with one attached hydrogen (secondary N) is 1. The van der Waals surface area contributed by atoms with Gasteiger partial charge in [-0.1, -0.05) is 12.1 Å². The minimum atomic E-state index is -0.538. The van der Waals surface area contributed by atoms with Crippen molar-refractivity contribution >= 4 is 45.1 Å². The first-order chi connectivity index (χ1) is 20.1. The zero-order valence-corrected chi connectivity index (χ0v) is 27.6. The molecule has 2 saturated heterocycles. The van der Waals surface area contributed by atoms with Gasteiger partial charge in [-0.05, 0) is 86.1 Å². The van der Waals surface area contributed by atoms with Crippen molar-refractivity contribution in [2.45, 2.75) is 78.6 Å². The molecule has 43 heavy (non-hydrogen) atoms. The van der Waals surface area contributed by atoms with E-state index in [9.17, 15) is 9.59 Å². The lowest BCUT2D eigenvalue weighted by Crippen LogP contribution is -2.50. The van der Waals surface area contributed by atoms with Crippen LogP contribution in [0.4, 0.5) is 21.0 Å². The number of fused-ring (bicyclic) bond motifs is 1. The molecule has 232 valence electrons. The largest absolute Gasteiger partial charge is 0.444 e. The van der Waals surface area contributed by atoms with Crippen LogP contribution in [0.3, 0.4) is 0 Å². The Morgan fingerprint density at radius 3 is 2.19 bits per heavy atom. The van der Waals surface area contributed by atoms with Crippen molar-refractivity contribution in [1.82, 2.24) is 15.2 Å². The van der Waals surface area contributed by atoms with E-state index in [-0.39, 0.29) is 17.7 Å². The summed E-state index contributed by atoms with van der Waals surface area (Å²) in [6, 6.07) is 12.9. The lowest BCUT2D eigenvalue weighted by Gasteiger charge is -2.36. The number of pyridine rings is 1. The lowest BCUT2D eigenvalue weighted by molar-refractivity contribution is 0.0240. The summed E-state index contributed by atoms with van der Waals surface area (Å²) in [5, 5.41) is 3.12. The molecule has 1 unspecified atom stereocenters. The summed E-state index contributed by atoms with van der Waals surface area (Å²) in [7, 11) is 0. The van der Waals surface area contributed by atoms with Crippen LogP contribution in [0.2, 0.25) is 0 Å². The molecule has 1 N–H and O–H groups in total. The van der Waals surface area contributed by atoms with Gasteiger partial charge in [0.25, 0.3) is 0 Å². The minimum absolute atomic E-state index is 0.248. The molecular weight excluding hydrogens is 562 g/mol. The number of hydrogen-bond donors (Lipinski definition) is 1. The van der Waals surface area contributed by atoms with Gasteiger partial charge >= 0.3 is 12.2 Å². The van der Waals surface area contributed by atoms with E-state index in [1.54, 1.807) is 16.2 Å². The molecule has 2 aromatic heterocycles. The van der Waals surface area contributed by atoms with Crippen molar-refractivity contribution in [3.63, 3.8) is 0 Å². The van der Waals surface area contributed by atoms with Gasteiger partial charge in [-0.3, -0.25) is 0 Å². The number of thiophene rings is 1. The highest BCUT2D eigenvalue weighted by molar-refractivity contribution is 7.19. The van der Waals surface area contributed by atoms with Crippen molar-refractivity contribution in [1.29, 1.82) is 0 Å². The van der Waals surface area contributed by atoms with Crippen LogP contribution in [0, 0.1) is 6.92 Å². The molecule has 0 saturated carbocycles. The van der Waals surface area contributed by atoms with E-state index in [0.717, 1.165) is 54.2 Å². The molecule has 2 fully saturated rings. The number of nitrogens with zero attached hydrogens (tertiary/aromatic N) is 4. The molecule has 1 atom stereocenters. The summed E-state index contributed by atoms with van der Waals surface area (Å²) in [4.78, 5) is 37.7. The summed E-state index contributed by atoms with van der Waals surface area (Å²) in [5.74, 6) is 0. The van der Waals surface area contributed by atoms with Crippen LogP contribution in [0.25, 0.3) is 21.5 Å². The van der Waals surface area contributed by atoms with Crippen molar-refractivity contribution < 1.29 is 19.1 Å². The van der Waals surface area contributed by atoms with Gasteiger partial charge in [-0.25, -0.2) is 14.6 Å². The Balaban J connectivity index is 1.31. The summed E-state index contributed by atoms with van der Waals surface area (Å²) in [6.07, 6.45) is 0.198. The monoisotopic (exact) mass is 607 g/mol. The predicted molar refractivity (Wildman–Crippen MR) is 174 cm³/mol. The van der Waals surface area contributed by atoms with Crippen molar-refractivity contribution in [2.75, 3.05) is 49.1 Å². The zero-order chi connectivity index (χ0) is 31.2. The van der Waals surface area contributed by atoms with E-state index in [1.807, 2.05) is 41.5 Å². The van der Waals surface area contributed by atoms with Crippen LogP contribution in [0.1, 0.15) is 59.8 Å². The van der Waals surface area contributed by atoms with Crippen LogP contribution < -0.4 is 15.1 Å². The normalized spacial score (nSPS) is 19.6. The highest BCUT2D eigenvalue weighted by Crippen LogP contribution is 2.39. The highest BCUT2D eigenvalue weighted by Gasteiger charge is 2.37. The lowest BCUT2D eigenvalue weighted by atomic mass is 10.0. The standard InChI is InChI=1S/C33H45N5O4S/c1-22-19-26-28(43-22)27(38-14-13-33(8,21-38)35-29(39)41-31(2,3)4)20-25(34-26)23-9-11-24(12-10-23)36-15-17-37(18-16-36)30(40)42-32(5,6)7/h9-12,19-20H,13-18,21H2,1-8H3,(H,35,39). The smallest absolute Gasteiger partial charge is 0.410 e. The van der Waals surface area contributed by atoms with Gasteiger partial charge in [0.05, 0.1) is 27.1 Å². The molecule has 1 aromatic carbocycles. The third-order valence-electron chi connectivity index (χ3n) is 7.66. The average molecular weight is 608 g/mol. The number of rotatable bonds is 4. The topological polar surface area (TPSA) is 87.2 Å². The van der Waals surface area contributed by atoms with Crippen LogP contribution >= 0.6 is 11.3 Å². The Kier molecular flexibility index (Phi) is 8.28. The molecule has 10 heteroatoms. The molecule has 3 aromatic rings. The van der Waals surface area contributed by atoms with Crippen LogP contribution in [-0.2, 0) is 9.47 Å². The summed E-state index contributed by atoms with van der Waals surface area (Å²) >= 11 is 1.76. The third kappa shape index (κ3) is 7.52. The zero-order valence-electron chi connectivity index (χ0n) is 26.7. The van der Waals surface area contributed by atoms with Gasteiger partial charge in [0.1, 0.15) is 11.2 Å².